The molecule has 6 heteroatoms. The Balaban J connectivity index is 1.63. The molecule has 1 aromatic rings. The summed E-state index contributed by atoms with van der Waals surface area (Å²) >= 11 is 0. The van der Waals surface area contributed by atoms with Gasteiger partial charge in [0.15, 0.2) is 6.10 Å². The van der Waals surface area contributed by atoms with Gasteiger partial charge in [0.25, 0.3) is 0 Å². The fraction of sp³-hybridized carbons (Fsp3) is 0.636. The van der Waals surface area contributed by atoms with Crippen molar-refractivity contribution in [3.05, 3.63) is 29.8 Å². The van der Waals surface area contributed by atoms with Crippen LogP contribution in [0.3, 0.4) is 0 Å². The molecule has 0 spiro atoms. The van der Waals surface area contributed by atoms with Crippen LogP contribution in [0.5, 0.6) is 5.75 Å². The highest BCUT2D eigenvalue weighted by Crippen LogP contribution is 2.58. The summed E-state index contributed by atoms with van der Waals surface area (Å²) in [6.07, 6.45) is 3.77. The molecule has 4 unspecified atom stereocenters. The minimum Gasteiger partial charge on any atom is -0.497 e. The van der Waals surface area contributed by atoms with Gasteiger partial charge in [-0.3, -0.25) is 4.79 Å². The number of hydrogen-bond acceptors (Lipinski definition) is 4. The van der Waals surface area contributed by atoms with Crippen molar-refractivity contribution in [1.82, 2.24) is 4.90 Å². The second-order valence-electron chi connectivity index (χ2n) is 8.75. The Morgan fingerprint density at radius 2 is 2.14 bits per heavy atom. The van der Waals surface area contributed by atoms with E-state index in [1.165, 1.54) is 6.42 Å². The van der Waals surface area contributed by atoms with Crippen LogP contribution in [0.1, 0.15) is 38.2 Å². The Bertz CT molecular complexity index is 765. The topological polar surface area (TPSA) is 76.1 Å². The van der Waals surface area contributed by atoms with Crippen LogP contribution in [0.25, 0.3) is 0 Å². The number of carboxylic acids is 1. The second-order valence-corrected chi connectivity index (χ2v) is 8.75. The number of methoxy groups -OCH3 is 1. The number of benzene rings is 1. The van der Waals surface area contributed by atoms with E-state index >= 15 is 0 Å². The third-order valence-electron chi connectivity index (χ3n) is 6.88. The van der Waals surface area contributed by atoms with Crippen LogP contribution in [-0.2, 0) is 20.7 Å². The number of amides is 1. The number of hydrogen-bond donors (Lipinski definition) is 1. The predicted molar refractivity (Wildman–Crippen MR) is 103 cm³/mol. The molecule has 1 aromatic carbocycles. The van der Waals surface area contributed by atoms with E-state index in [-0.39, 0.29) is 18.6 Å². The maximum atomic E-state index is 13.8. The molecular formula is C22H29NO5. The molecule has 1 N–H and O–H groups in total. The summed E-state index contributed by atoms with van der Waals surface area (Å²) in [4.78, 5) is 27.1. The lowest BCUT2D eigenvalue weighted by atomic mass is 9.68. The van der Waals surface area contributed by atoms with Crippen molar-refractivity contribution in [3.8, 4) is 5.75 Å². The number of aliphatic carboxylic acids is 1. The number of morpholine rings is 1. The molecule has 3 fully saturated rings. The fourth-order valence-electron chi connectivity index (χ4n) is 5.71. The van der Waals surface area contributed by atoms with Gasteiger partial charge < -0.3 is 19.5 Å². The summed E-state index contributed by atoms with van der Waals surface area (Å²) in [6.45, 7) is 2.43. The van der Waals surface area contributed by atoms with E-state index in [2.05, 4.69) is 6.07 Å². The molecule has 0 aromatic heterocycles. The first-order valence-corrected chi connectivity index (χ1v) is 10.2. The number of nitrogens with zero attached hydrogens (tertiary/aromatic N) is 1. The molecule has 5 atom stereocenters. The molecule has 28 heavy (non-hydrogen) atoms. The van der Waals surface area contributed by atoms with Gasteiger partial charge in [0.2, 0.25) is 5.91 Å². The number of rotatable bonds is 5. The molecule has 1 aliphatic heterocycles. The fourth-order valence-corrected chi connectivity index (χ4v) is 5.71. The highest BCUT2D eigenvalue weighted by Gasteiger charge is 2.57. The summed E-state index contributed by atoms with van der Waals surface area (Å²) in [5, 5.41) is 9.41. The van der Waals surface area contributed by atoms with Gasteiger partial charge in [-0.25, -0.2) is 4.79 Å². The molecule has 1 saturated heterocycles. The smallest absolute Gasteiger partial charge is 0.334 e. The van der Waals surface area contributed by atoms with E-state index < -0.39 is 17.5 Å². The minimum atomic E-state index is -1.00. The molecule has 4 rings (SSSR count). The van der Waals surface area contributed by atoms with E-state index in [1.807, 2.05) is 25.1 Å². The first kappa shape index (κ1) is 19.2. The van der Waals surface area contributed by atoms with Crippen molar-refractivity contribution in [2.24, 2.45) is 17.3 Å². The van der Waals surface area contributed by atoms with E-state index in [0.717, 1.165) is 30.6 Å². The third-order valence-corrected chi connectivity index (χ3v) is 6.88. The van der Waals surface area contributed by atoms with E-state index in [1.54, 1.807) is 12.0 Å². The van der Waals surface area contributed by atoms with Crippen molar-refractivity contribution < 1.29 is 24.2 Å². The maximum Gasteiger partial charge on any atom is 0.334 e. The Morgan fingerprint density at radius 3 is 2.79 bits per heavy atom. The summed E-state index contributed by atoms with van der Waals surface area (Å²) in [6, 6.07) is 7.96. The molecule has 1 amide bonds. The Labute approximate surface area is 165 Å². The summed E-state index contributed by atoms with van der Waals surface area (Å²) in [7, 11) is 1.65. The lowest BCUT2D eigenvalue weighted by Gasteiger charge is -2.44. The normalized spacial score (nSPS) is 34.4. The van der Waals surface area contributed by atoms with Crippen molar-refractivity contribution >= 4 is 11.9 Å². The highest BCUT2D eigenvalue weighted by molar-refractivity contribution is 5.85. The Hall–Kier alpha value is -2.08. The zero-order valence-electron chi connectivity index (χ0n) is 16.6. The van der Waals surface area contributed by atoms with Gasteiger partial charge in [-0.1, -0.05) is 18.6 Å². The largest absolute Gasteiger partial charge is 0.497 e. The standard InChI is InChI=1S/C22H29NO5/c1-14-12-23(13-19(28-14)20(24)25)21(26)22(11-16-6-7-17(22)8-16)10-15-4-3-5-18(9-15)27-2/h3-5,9,14,16-17,19H,6-8,10-13H2,1-2H3,(H,24,25)/t14-,16?,17?,19?,22?/m1/s1. The first-order chi connectivity index (χ1) is 13.4. The monoisotopic (exact) mass is 387 g/mol. The molecule has 152 valence electrons. The van der Waals surface area contributed by atoms with Gasteiger partial charge >= 0.3 is 5.97 Å². The van der Waals surface area contributed by atoms with Crippen molar-refractivity contribution in [2.75, 3.05) is 20.2 Å². The Morgan fingerprint density at radius 1 is 1.32 bits per heavy atom. The number of carbonyl (C=O) groups is 2. The lowest BCUT2D eigenvalue weighted by molar-refractivity contribution is -0.171. The van der Waals surface area contributed by atoms with Gasteiger partial charge in [0.05, 0.1) is 25.2 Å². The third kappa shape index (κ3) is 3.39. The molecular weight excluding hydrogens is 358 g/mol. The minimum absolute atomic E-state index is 0.115. The van der Waals surface area contributed by atoms with Gasteiger partial charge in [0.1, 0.15) is 5.75 Å². The molecule has 2 aliphatic carbocycles. The van der Waals surface area contributed by atoms with Gasteiger partial charge in [0, 0.05) is 6.54 Å². The SMILES string of the molecule is COc1cccc(CC2(C(=O)N3CC(C(=O)O)O[C@H](C)C3)CC3CCC2C3)c1. The van der Waals surface area contributed by atoms with E-state index in [9.17, 15) is 14.7 Å². The number of carboxylic acid groups (broad SMARTS) is 1. The molecule has 2 saturated carbocycles. The zero-order valence-corrected chi connectivity index (χ0v) is 16.6. The van der Waals surface area contributed by atoms with Crippen LogP contribution in [0, 0.1) is 17.3 Å². The van der Waals surface area contributed by atoms with E-state index in [4.69, 9.17) is 9.47 Å². The van der Waals surface area contributed by atoms with Gasteiger partial charge in [-0.15, -0.1) is 0 Å². The number of ether oxygens (including phenoxy) is 2. The molecule has 2 bridgehead atoms. The van der Waals surface area contributed by atoms with Crippen LogP contribution in [-0.4, -0.2) is 54.3 Å². The van der Waals surface area contributed by atoms with Crippen LogP contribution >= 0.6 is 0 Å². The van der Waals surface area contributed by atoms with Crippen LogP contribution < -0.4 is 4.74 Å². The first-order valence-electron chi connectivity index (χ1n) is 10.2. The number of carbonyl (C=O) groups excluding carboxylic acids is 1. The van der Waals surface area contributed by atoms with Crippen molar-refractivity contribution in [1.29, 1.82) is 0 Å². The maximum absolute atomic E-state index is 13.8. The van der Waals surface area contributed by atoms with Crippen molar-refractivity contribution in [2.45, 2.75) is 51.2 Å². The average Bonchev–Trinajstić information content (AvgIpc) is 3.28. The number of fused-ring (bicyclic) bond motifs is 2. The summed E-state index contributed by atoms with van der Waals surface area (Å²) < 4.78 is 10.9. The van der Waals surface area contributed by atoms with Gasteiger partial charge in [-0.05, 0) is 62.1 Å². The summed E-state index contributed by atoms with van der Waals surface area (Å²) in [5.74, 6) is 0.892. The predicted octanol–water partition coefficient (Wildman–Crippen LogP) is 2.74. The van der Waals surface area contributed by atoms with Crippen molar-refractivity contribution in [3.63, 3.8) is 0 Å². The van der Waals surface area contributed by atoms with Crippen LogP contribution in [0.2, 0.25) is 0 Å². The Kier molecular flexibility index (Phi) is 5.08. The van der Waals surface area contributed by atoms with E-state index in [0.29, 0.717) is 24.8 Å². The lowest BCUT2D eigenvalue weighted by Crippen LogP contribution is -2.57. The summed E-state index contributed by atoms with van der Waals surface area (Å²) in [5.41, 5.74) is 0.673. The van der Waals surface area contributed by atoms with Crippen LogP contribution in [0.15, 0.2) is 24.3 Å². The molecule has 0 radical (unpaired) electrons. The van der Waals surface area contributed by atoms with Gasteiger partial charge in [-0.2, -0.15) is 0 Å². The second kappa shape index (κ2) is 7.39. The quantitative estimate of drug-likeness (QED) is 0.841. The molecule has 3 aliphatic rings. The average molecular weight is 387 g/mol. The van der Waals surface area contributed by atoms with Crippen LogP contribution in [0.4, 0.5) is 0 Å². The zero-order chi connectivity index (χ0) is 19.9. The molecule has 1 heterocycles. The molecule has 6 nitrogen and oxygen atoms in total. The highest BCUT2D eigenvalue weighted by atomic mass is 16.5.